The zero-order valence-electron chi connectivity index (χ0n) is 12.0. The Kier molecular flexibility index (Phi) is 5.92. The highest BCUT2D eigenvalue weighted by Crippen LogP contribution is 2.22. The Bertz CT molecular complexity index is 456. The number of carbonyl (C=O) groups excluding carboxylic acids is 1. The molecule has 0 fully saturated rings. The largest absolute Gasteiger partial charge is 0.396 e. The molecule has 2 rings (SSSR count). The molecule has 0 heterocycles. The number of fused-ring (bicyclic) bond motifs is 1. The molecule has 3 nitrogen and oxygen atoms in total. The van der Waals surface area contributed by atoms with Crippen LogP contribution in [0.1, 0.15) is 40.7 Å². The quantitative estimate of drug-likeness (QED) is 0.847. The van der Waals surface area contributed by atoms with E-state index in [-0.39, 0.29) is 18.6 Å². The van der Waals surface area contributed by atoms with E-state index in [2.05, 4.69) is 11.4 Å². The van der Waals surface area contributed by atoms with Gasteiger partial charge in [-0.3, -0.25) is 4.79 Å². The van der Waals surface area contributed by atoms with Gasteiger partial charge in [-0.15, -0.1) is 0 Å². The summed E-state index contributed by atoms with van der Waals surface area (Å²) >= 11 is 1.68. The highest BCUT2D eigenvalue weighted by molar-refractivity contribution is 7.98. The van der Waals surface area contributed by atoms with Crippen molar-refractivity contribution in [1.29, 1.82) is 0 Å². The van der Waals surface area contributed by atoms with Gasteiger partial charge in [0, 0.05) is 24.0 Å². The number of hydrogen-bond acceptors (Lipinski definition) is 3. The first kappa shape index (κ1) is 15.4. The van der Waals surface area contributed by atoms with Gasteiger partial charge in [-0.05, 0) is 61.6 Å². The summed E-state index contributed by atoms with van der Waals surface area (Å²) in [5.74, 6) is 0.808. The minimum Gasteiger partial charge on any atom is -0.396 e. The van der Waals surface area contributed by atoms with Crippen LogP contribution >= 0.6 is 11.8 Å². The third-order valence-electron chi connectivity index (χ3n) is 3.79. The minimum atomic E-state index is -0.0223. The van der Waals surface area contributed by atoms with E-state index in [0.29, 0.717) is 6.42 Å². The van der Waals surface area contributed by atoms with Gasteiger partial charge in [0.15, 0.2) is 0 Å². The van der Waals surface area contributed by atoms with Gasteiger partial charge in [0.05, 0.1) is 0 Å². The molecule has 0 saturated carbocycles. The monoisotopic (exact) mass is 293 g/mol. The summed E-state index contributed by atoms with van der Waals surface area (Å²) in [6.07, 6.45) is 7.31. The molecule has 4 heteroatoms. The molecular weight excluding hydrogens is 270 g/mol. The Hall–Kier alpha value is -1.00. The lowest BCUT2D eigenvalue weighted by molar-refractivity contribution is 0.0935. The van der Waals surface area contributed by atoms with Crippen LogP contribution in [0.15, 0.2) is 18.2 Å². The summed E-state index contributed by atoms with van der Waals surface area (Å²) in [6.45, 7) is 0.107. The van der Waals surface area contributed by atoms with E-state index in [0.717, 1.165) is 24.2 Å². The number of rotatable bonds is 6. The van der Waals surface area contributed by atoms with Crippen LogP contribution in [0.4, 0.5) is 0 Å². The fourth-order valence-electron chi connectivity index (χ4n) is 2.70. The number of carbonyl (C=O) groups is 1. The fraction of sp³-hybridized carbons (Fsp3) is 0.562. The van der Waals surface area contributed by atoms with Gasteiger partial charge in [0.2, 0.25) is 0 Å². The van der Waals surface area contributed by atoms with Crippen LogP contribution < -0.4 is 5.32 Å². The number of aryl methyl sites for hydroxylation is 2. The Morgan fingerprint density at radius 2 is 2.10 bits per heavy atom. The van der Waals surface area contributed by atoms with E-state index >= 15 is 0 Å². The number of amides is 1. The van der Waals surface area contributed by atoms with Crippen molar-refractivity contribution in [3.8, 4) is 0 Å². The zero-order chi connectivity index (χ0) is 14.4. The first-order valence-corrected chi connectivity index (χ1v) is 8.66. The minimum absolute atomic E-state index is 0.0223. The summed E-state index contributed by atoms with van der Waals surface area (Å²) in [7, 11) is 0. The van der Waals surface area contributed by atoms with Gasteiger partial charge in [-0.2, -0.15) is 11.8 Å². The Labute approximate surface area is 125 Å². The average molecular weight is 293 g/mol. The topological polar surface area (TPSA) is 49.3 Å². The summed E-state index contributed by atoms with van der Waals surface area (Å²) in [4.78, 5) is 12.3. The Morgan fingerprint density at radius 1 is 1.35 bits per heavy atom. The van der Waals surface area contributed by atoms with E-state index in [1.165, 1.54) is 24.0 Å². The molecule has 0 saturated heterocycles. The number of nitrogens with one attached hydrogen (secondary N) is 1. The maximum atomic E-state index is 12.3. The number of thioether (sulfide) groups is 1. The molecule has 1 aromatic rings. The number of aliphatic hydroxyl groups is 1. The number of hydrogen-bond donors (Lipinski definition) is 2. The molecule has 1 amide bonds. The molecule has 0 radical (unpaired) electrons. The molecule has 0 spiro atoms. The number of aliphatic hydroxyl groups excluding tert-OH is 1. The lowest BCUT2D eigenvalue weighted by atomic mass is 9.90. The molecule has 1 aromatic carbocycles. The summed E-state index contributed by atoms with van der Waals surface area (Å²) < 4.78 is 0. The van der Waals surface area contributed by atoms with Crippen LogP contribution in [0.25, 0.3) is 0 Å². The molecule has 1 aliphatic carbocycles. The molecule has 0 aromatic heterocycles. The molecule has 0 bridgehead atoms. The lowest BCUT2D eigenvalue weighted by Crippen LogP contribution is -2.37. The predicted molar refractivity (Wildman–Crippen MR) is 84.4 cm³/mol. The summed E-state index contributed by atoms with van der Waals surface area (Å²) in [5, 5.41) is 12.1. The van der Waals surface area contributed by atoms with E-state index in [4.69, 9.17) is 5.11 Å². The van der Waals surface area contributed by atoms with Gasteiger partial charge in [-0.1, -0.05) is 6.07 Å². The van der Waals surface area contributed by atoms with Crippen molar-refractivity contribution in [3.63, 3.8) is 0 Å². The highest BCUT2D eigenvalue weighted by Gasteiger charge is 2.15. The van der Waals surface area contributed by atoms with Crippen LogP contribution in [0.3, 0.4) is 0 Å². The van der Waals surface area contributed by atoms with E-state index in [1.54, 1.807) is 11.8 Å². The first-order valence-electron chi connectivity index (χ1n) is 7.27. The van der Waals surface area contributed by atoms with Crippen molar-refractivity contribution in [2.24, 2.45) is 0 Å². The highest BCUT2D eigenvalue weighted by atomic mass is 32.2. The molecule has 110 valence electrons. The van der Waals surface area contributed by atoms with Crippen molar-refractivity contribution in [3.05, 3.63) is 34.9 Å². The van der Waals surface area contributed by atoms with Crippen molar-refractivity contribution < 1.29 is 9.90 Å². The predicted octanol–water partition coefficient (Wildman–Crippen LogP) is 2.41. The van der Waals surface area contributed by atoms with Crippen molar-refractivity contribution in [2.45, 2.75) is 38.1 Å². The molecule has 2 N–H and O–H groups in total. The third-order valence-corrected chi connectivity index (χ3v) is 4.53. The molecule has 0 aliphatic heterocycles. The van der Waals surface area contributed by atoms with Crippen molar-refractivity contribution in [1.82, 2.24) is 5.32 Å². The second kappa shape index (κ2) is 7.70. The van der Waals surface area contributed by atoms with Crippen LogP contribution in [-0.2, 0) is 12.8 Å². The zero-order valence-corrected chi connectivity index (χ0v) is 12.8. The van der Waals surface area contributed by atoms with Crippen LogP contribution in [-0.4, -0.2) is 35.7 Å². The normalized spacial score (nSPS) is 15.5. The van der Waals surface area contributed by atoms with Crippen molar-refractivity contribution in [2.75, 3.05) is 18.6 Å². The summed E-state index contributed by atoms with van der Waals surface area (Å²) in [6, 6.07) is 6.10. The summed E-state index contributed by atoms with van der Waals surface area (Å²) in [5.41, 5.74) is 3.46. The molecule has 1 unspecified atom stereocenters. The van der Waals surface area contributed by atoms with Gasteiger partial charge in [-0.25, -0.2) is 0 Å². The second-order valence-corrected chi connectivity index (χ2v) is 6.24. The van der Waals surface area contributed by atoms with Gasteiger partial charge >= 0.3 is 0 Å². The average Bonchev–Trinajstić information content (AvgIpc) is 2.47. The molecule has 1 aliphatic rings. The lowest BCUT2D eigenvalue weighted by Gasteiger charge is -2.19. The molecule has 20 heavy (non-hydrogen) atoms. The second-order valence-electron chi connectivity index (χ2n) is 5.33. The maximum absolute atomic E-state index is 12.3. The standard InChI is InChI=1S/C16H23NO2S/c1-20-11-15(8-9-18)17-16(19)14-7-6-12-4-2-3-5-13(12)10-14/h6-7,10,15,18H,2-5,8-9,11H2,1H3,(H,17,19). The van der Waals surface area contributed by atoms with Crippen LogP contribution in [0, 0.1) is 0 Å². The fourth-order valence-corrected chi connectivity index (χ4v) is 3.35. The van der Waals surface area contributed by atoms with E-state index < -0.39 is 0 Å². The van der Waals surface area contributed by atoms with Gasteiger partial charge in [0.1, 0.15) is 0 Å². The van der Waals surface area contributed by atoms with E-state index in [9.17, 15) is 4.79 Å². The van der Waals surface area contributed by atoms with E-state index in [1.807, 2.05) is 18.4 Å². The van der Waals surface area contributed by atoms with Crippen LogP contribution in [0.2, 0.25) is 0 Å². The third kappa shape index (κ3) is 4.00. The van der Waals surface area contributed by atoms with Crippen molar-refractivity contribution >= 4 is 17.7 Å². The first-order chi connectivity index (χ1) is 9.74. The Balaban J connectivity index is 2.04. The smallest absolute Gasteiger partial charge is 0.251 e. The van der Waals surface area contributed by atoms with Gasteiger partial charge in [0.25, 0.3) is 5.91 Å². The SMILES string of the molecule is CSCC(CCO)NC(=O)c1ccc2c(c1)CCCC2. The molecular formula is C16H23NO2S. The van der Waals surface area contributed by atoms with Gasteiger partial charge < -0.3 is 10.4 Å². The maximum Gasteiger partial charge on any atom is 0.251 e. The molecule has 1 atom stereocenters. The number of benzene rings is 1. The Morgan fingerprint density at radius 3 is 2.80 bits per heavy atom. The van der Waals surface area contributed by atoms with Crippen LogP contribution in [0.5, 0.6) is 0 Å².